The van der Waals surface area contributed by atoms with Crippen molar-refractivity contribution in [1.29, 1.82) is 0 Å². The predicted octanol–water partition coefficient (Wildman–Crippen LogP) is 2.99. The van der Waals surface area contributed by atoms with Crippen LogP contribution in [0, 0.1) is 5.41 Å². The van der Waals surface area contributed by atoms with Crippen molar-refractivity contribution in [1.82, 2.24) is 0 Å². The van der Waals surface area contributed by atoms with Crippen molar-refractivity contribution in [2.24, 2.45) is 5.41 Å². The average molecular weight is 156 g/mol. The SMILES string of the molecule is CC(C)(C)CCC1CCCO1. The van der Waals surface area contributed by atoms with E-state index in [1.165, 1.54) is 25.7 Å². The molecule has 0 aliphatic carbocycles. The lowest BCUT2D eigenvalue weighted by Crippen LogP contribution is -2.11. The van der Waals surface area contributed by atoms with Crippen molar-refractivity contribution in [2.45, 2.75) is 52.6 Å². The van der Waals surface area contributed by atoms with Crippen LogP contribution in [0.1, 0.15) is 46.5 Å². The smallest absolute Gasteiger partial charge is 0.0576 e. The first kappa shape index (κ1) is 9.05. The first-order valence-corrected chi connectivity index (χ1v) is 4.69. The number of hydrogen-bond acceptors (Lipinski definition) is 1. The maximum atomic E-state index is 5.55. The van der Waals surface area contributed by atoms with Crippen LogP contribution in [-0.4, -0.2) is 12.7 Å². The summed E-state index contributed by atoms with van der Waals surface area (Å²) < 4.78 is 5.55. The fourth-order valence-corrected chi connectivity index (χ4v) is 1.47. The van der Waals surface area contributed by atoms with E-state index >= 15 is 0 Å². The summed E-state index contributed by atoms with van der Waals surface area (Å²) in [5.74, 6) is 0. The molecule has 1 fully saturated rings. The molecule has 0 amide bonds. The highest BCUT2D eigenvalue weighted by Gasteiger charge is 2.18. The fourth-order valence-electron chi connectivity index (χ4n) is 1.47. The molecule has 0 aromatic carbocycles. The molecular weight excluding hydrogens is 136 g/mol. The van der Waals surface area contributed by atoms with Gasteiger partial charge in [-0.25, -0.2) is 0 Å². The van der Waals surface area contributed by atoms with Crippen LogP contribution in [0.15, 0.2) is 0 Å². The van der Waals surface area contributed by atoms with Crippen molar-refractivity contribution in [2.75, 3.05) is 6.61 Å². The molecular formula is C10H20O. The summed E-state index contributed by atoms with van der Waals surface area (Å²) in [6.07, 6.45) is 5.68. The quantitative estimate of drug-likeness (QED) is 0.597. The van der Waals surface area contributed by atoms with Gasteiger partial charge in [-0.3, -0.25) is 0 Å². The Balaban J connectivity index is 2.11. The van der Waals surface area contributed by atoms with E-state index in [1.54, 1.807) is 0 Å². The zero-order valence-electron chi connectivity index (χ0n) is 8.02. The third kappa shape index (κ3) is 3.76. The molecule has 0 bridgehead atoms. The first-order chi connectivity index (χ1) is 5.08. The second-order valence-electron chi connectivity index (χ2n) is 4.73. The van der Waals surface area contributed by atoms with Gasteiger partial charge in [-0.2, -0.15) is 0 Å². The van der Waals surface area contributed by atoms with Crippen molar-refractivity contribution >= 4 is 0 Å². The van der Waals surface area contributed by atoms with E-state index in [4.69, 9.17) is 4.74 Å². The topological polar surface area (TPSA) is 9.23 Å². The van der Waals surface area contributed by atoms with E-state index in [2.05, 4.69) is 20.8 Å². The lowest BCUT2D eigenvalue weighted by Gasteiger charge is -2.19. The molecule has 0 aromatic rings. The standard InChI is InChI=1S/C10H20O/c1-10(2,3)7-6-9-5-4-8-11-9/h9H,4-8H2,1-3H3. The van der Waals surface area contributed by atoms with Crippen molar-refractivity contribution in [3.05, 3.63) is 0 Å². The minimum atomic E-state index is 0.478. The van der Waals surface area contributed by atoms with Crippen LogP contribution in [-0.2, 0) is 4.74 Å². The van der Waals surface area contributed by atoms with E-state index in [-0.39, 0.29) is 0 Å². The van der Waals surface area contributed by atoms with Crippen LogP contribution in [0.3, 0.4) is 0 Å². The van der Waals surface area contributed by atoms with E-state index < -0.39 is 0 Å². The van der Waals surface area contributed by atoms with Crippen LogP contribution in [0.25, 0.3) is 0 Å². The maximum Gasteiger partial charge on any atom is 0.0576 e. The van der Waals surface area contributed by atoms with Crippen molar-refractivity contribution in [3.8, 4) is 0 Å². The van der Waals surface area contributed by atoms with Crippen LogP contribution >= 0.6 is 0 Å². The molecule has 1 saturated heterocycles. The fraction of sp³-hybridized carbons (Fsp3) is 1.00. The van der Waals surface area contributed by atoms with Gasteiger partial charge in [-0.1, -0.05) is 20.8 Å². The molecule has 66 valence electrons. The summed E-state index contributed by atoms with van der Waals surface area (Å²) in [5, 5.41) is 0. The van der Waals surface area contributed by atoms with Gasteiger partial charge in [0.1, 0.15) is 0 Å². The molecule has 0 radical (unpaired) electrons. The first-order valence-electron chi connectivity index (χ1n) is 4.69. The highest BCUT2D eigenvalue weighted by atomic mass is 16.5. The summed E-state index contributed by atoms with van der Waals surface area (Å²) in [4.78, 5) is 0. The zero-order valence-corrected chi connectivity index (χ0v) is 8.02. The second-order valence-corrected chi connectivity index (χ2v) is 4.73. The minimum absolute atomic E-state index is 0.478. The van der Waals surface area contributed by atoms with E-state index in [9.17, 15) is 0 Å². The van der Waals surface area contributed by atoms with Gasteiger partial charge in [0.05, 0.1) is 6.10 Å². The number of hydrogen-bond donors (Lipinski definition) is 0. The lowest BCUT2D eigenvalue weighted by molar-refractivity contribution is 0.0934. The molecule has 1 aliphatic rings. The summed E-state index contributed by atoms with van der Waals surface area (Å²) >= 11 is 0. The molecule has 1 heteroatoms. The molecule has 0 N–H and O–H groups in total. The summed E-state index contributed by atoms with van der Waals surface area (Å²) in [6.45, 7) is 7.88. The largest absolute Gasteiger partial charge is 0.378 e. The molecule has 1 heterocycles. The van der Waals surface area contributed by atoms with Gasteiger partial charge in [0.15, 0.2) is 0 Å². The predicted molar refractivity (Wildman–Crippen MR) is 47.7 cm³/mol. The van der Waals surface area contributed by atoms with E-state index in [0.717, 1.165) is 6.61 Å². The van der Waals surface area contributed by atoms with Gasteiger partial charge >= 0.3 is 0 Å². The van der Waals surface area contributed by atoms with Crippen molar-refractivity contribution in [3.63, 3.8) is 0 Å². The summed E-state index contributed by atoms with van der Waals surface area (Å²) in [7, 11) is 0. The van der Waals surface area contributed by atoms with Crippen LogP contribution in [0.4, 0.5) is 0 Å². The minimum Gasteiger partial charge on any atom is -0.378 e. The molecule has 11 heavy (non-hydrogen) atoms. The summed E-state index contributed by atoms with van der Waals surface area (Å²) in [5.41, 5.74) is 0.478. The average Bonchev–Trinajstić information content (AvgIpc) is 2.32. The van der Waals surface area contributed by atoms with Gasteiger partial charge in [-0.05, 0) is 31.1 Å². The normalized spacial score (nSPS) is 25.9. The molecule has 1 nitrogen and oxygen atoms in total. The van der Waals surface area contributed by atoms with Crippen LogP contribution in [0.5, 0.6) is 0 Å². The Hall–Kier alpha value is -0.0400. The monoisotopic (exact) mass is 156 g/mol. The summed E-state index contributed by atoms with van der Waals surface area (Å²) in [6, 6.07) is 0. The molecule has 1 aliphatic heterocycles. The molecule has 0 saturated carbocycles. The second kappa shape index (κ2) is 3.57. The van der Waals surface area contributed by atoms with E-state index in [1.807, 2.05) is 0 Å². The van der Waals surface area contributed by atoms with Crippen LogP contribution < -0.4 is 0 Å². The highest BCUT2D eigenvalue weighted by Crippen LogP contribution is 2.25. The molecule has 0 aromatic heterocycles. The molecule has 1 unspecified atom stereocenters. The Kier molecular flexibility index (Phi) is 2.94. The van der Waals surface area contributed by atoms with Gasteiger partial charge in [0, 0.05) is 6.61 Å². The molecule has 1 rings (SSSR count). The maximum absolute atomic E-state index is 5.55. The van der Waals surface area contributed by atoms with Gasteiger partial charge in [0.2, 0.25) is 0 Å². The third-order valence-corrected chi connectivity index (χ3v) is 2.24. The number of ether oxygens (including phenoxy) is 1. The Bertz CT molecular complexity index is 107. The van der Waals surface area contributed by atoms with Crippen LogP contribution in [0.2, 0.25) is 0 Å². The van der Waals surface area contributed by atoms with Gasteiger partial charge in [-0.15, -0.1) is 0 Å². The van der Waals surface area contributed by atoms with Gasteiger partial charge in [0.25, 0.3) is 0 Å². The Morgan fingerprint density at radius 1 is 1.36 bits per heavy atom. The Morgan fingerprint density at radius 2 is 2.09 bits per heavy atom. The highest BCUT2D eigenvalue weighted by molar-refractivity contribution is 4.69. The number of rotatable bonds is 2. The molecule has 0 spiro atoms. The Morgan fingerprint density at radius 3 is 2.55 bits per heavy atom. The zero-order chi connectivity index (χ0) is 8.32. The van der Waals surface area contributed by atoms with E-state index in [0.29, 0.717) is 11.5 Å². The van der Waals surface area contributed by atoms with Crippen molar-refractivity contribution < 1.29 is 4.74 Å². The van der Waals surface area contributed by atoms with Gasteiger partial charge < -0.3 is 4.74 Å². The Labute approximate surface area is 70.1 Å². The molecule has 1 atom stereocenters. The lowest BCUT2D eigenvalue weighted by atomic mass is 9.89. The third-order valence-electron chi connectivity index (χ3n) is 2.24.